The minimum absolute atomic E-state index is 0.0452. The molecule has 1 aliphatic rings. The molecule has 3 rings (SSSR count). The third-order valence-corrected chi connectivity index (χ3v) is 5.65. The Labute approximate surface area is 151 Å². The number of carbonyl (C=O) groups is 1. The Morgan fingerprint density at radius 2 is 1.68 bits per heavy atom. The molecule has 2 nitrogen and oxygen atoms in total. The molecular formula is C23H29NO. The van der Waals surface area contributed by atoms with Crippen LogP contribution in [0.4, 0.5) is 5.69 Å². The quantitative estimate of drug-likeness (QED) is 0.673. The van der Waals surface area contributed by atoms with E-state index in [9.17, 15) is 4.79 Å². The molecular weight excluding hydrogens is 306 g/mol. The highest BCUT2D eigenvalue weighted by molar-refractivity contribution is 5.89. The second-order valence-corrected chi connectivity index (χ2v) is 7.53. The molecule has 0 aliphatic heterocycles. The molecule has 1 aliphatic carbocycles. The summed E-state index contributed by atoms with van der Waals surface area (Å²) < 4.78 is 0. The molecule has 0 spiro atoms. The maximum atomic E-state index is 12.4. The topological polar surface area (TPSA) is 20.3 Å². The molecule has 2 aromatic carbocycles. The number of benzene rings is 2. The van der Waals surface area contributed by atoms with E-state index in [4.69, 9.17) is 0 Å². The van der Waals surface area contributed by atoms with E-state index in [-0.39, 0.29) is 5.41 Å². The first kappa shape index (κ1) is 17.7. The first-order chi connectivity index (χ1) is 12.0. The summed E-state index contributed by atoms with van der Waals surface area (Å²) in [5.41, 5.74) is 6.06. The molecule has 0 heterocycles. The third kappa shape index (κ3) is 3.78. The smallest absolute Gasteiger partial charge is 0.143 e. The molecule has 1 fully saturated rings. The highest BCUT2D eigenvalue weighted by Gasteiger charge is 2.43. The van der Waals surface area contributed by atoms with Crippen molar-refractivity contribution in [2.45, 2.75) is 47.0 Å². The molecule has 0 unspecified atom stereocenters. The van der Waals surface area contributed by atoms with Crippen molar-refractivity contribution in [3.63, 3.8) is 0 Å². The Morgan fingerprint density at radius 3 is 2.24 bits per heavy atom. The van der Waals surface area contributed by atoms with Crippen LogP contribution >= 0.6 is 0 Å². The number of hydrogen-bond donors (Lipinski definition) is 0. The summed E-state index contributed by atoms with van der Waals surface area (Å²) in [5.74, 6) is 0.388. The van der Waals surface area contributed by atoms with Crippen molar-refractivity contribution in [3.8, 4) is 11.1 Å². The molecule has 0 amide bonds. The Bertz CT molecular complexity index is 752. The van der Waals surface area contributed by atoms with Crippen LogP contribution in [-0.2, 0) is 11.2 Å². The van der Waals surface area contributed by atoms with Crippen LogP contribution in [-0.4, -0.2) is 18.9 Å². The number of anilines is 1. The van der Waals surface area contributed by atoms with E-state index in [0.29, 0.717) is 12.2 Å². The summed E-state index contributed by atoms with van der Waals surface area (Å²) in [6.07, 6.45) is 2.66. The molecule has 0 N–H and O–H groups in total. The summed E-state index contributed by atoms with van der Waals surface area (Å²) >= 11 is 0. The van der Waals surface area contributed by atoms with Gasteiger partial charge in [0.2, 0.25) is 0 Å². The minimum atomic E-state index is -0.0452. The van der Waals surface area contributed by atoms with Crippen molar-refractivity contribution in [2.75, 3.05) is 18.0 Å². The number of Topliss-reactive ketones (excluding diaryl/α,β-unsaturated/α-hetero) is 1. The largest absolute Gasteiger partial charge is 0.372 e. The van der Waals surface area contributed by atoms with E-state index in [1.807, 2.05) is 0 Å². The predicted molar refractivity (Wildman–Crippen MR) is 106 cm³/mol. The van der Waals surface area contributed by atoms with Gasteiger partial charge in [-0.2, -0.15) is 0 Å². The zero-order chi connectivity index (χ0) is 18.0. The molecule has 25 heavy (non-hydrogen) atoms. The third-order valence-electron chi connectivity index (χ3n) is 5.65. The summed E-state index contributed by atoms with van der Waals surface area (Å²) in [7, 11) is 0. The van der Waals surface area contributed by atoms with Gasteiger partial charge in [-0.25, -0.2) is 0 Å². The van der Waals surface area contributed by atoms with E-state index in [2.05, 4.69) is 75.1 Å². The first-order valence-electron chi connectivity index (χ1n) is 9.45. The van der Waals surface area contributed by atoms with Crippen LogP contribution in [0.1, 0.15) is 44.7 Å². The fraction of sp³-hybridized carbons (Fsp3) is 0.435. The SMILES string of the molecule is CCN(CC)c1ccc(-c2cc(CC(=O)C3(C)CC3)ccc2C)cc1. The van der Waals surface area contributed by atoms with Gasteiger partial charge in [0.15, 0.2) is 0 Å². The lowest BCUT2D eigenvalue weighted by Gasteiger charge is -2.21. The van der Waals surface area contributed by atoms with Crippen LogP contribution in [0.2, 0.25) is 0 Å². The predicted octanol–water partition coefficient (Wildman–Crippen LogP) is 5.42. The Hall–Kier alpha value is -2.09. The molecule has 0 atom stereocenters. The van der Waals surface area contributed by atoms with Crippen molar-refractivity contribution in [1.29, 1.82) is 0 Å². The average Bonchev–Trinajstić information content (AvgIpc) is 3.37. The molecule has 0 saturated heterocycles. The molecule has 0 aromatic heterocycles. The lowest BCUT2D eigenvalue weighted by Crippen LogP contribution is -2.21. The zero-order valence-corrected chi connectivity index (χ0v) is 15.9. The Morgan fingerprint density at radius 1 is 1.04 bits per heavy atom. The summed E-state index contributed by atoms with van der Waals surface area (Å²) in [4.78, 5) is 14.8. The molecule has 132 valence electrons. The van der Waals surface area contributed by atoms with Gasteiger partial charge in [0, 0.05) is 30.6 Å². The fourth-order valence-electron chi connectivity index (χ4n) is 3.40. The maximum Gasteiger partial charge on any atom is 0.143 e. The van der Waals surface area contributed by atoms with Crippen LogP contribution in [0, 0.1) is 12.3 Å². The second-order valence-electron chi connectivity index (χ2n) is 7.53. The number of hydrogen-bond acceptors (Lipinski definition) is 2. The highest BCUT2D eigenvalue weighted by atomic mass is 16.1. The summed E-state index contributed by atoms with van der Waals surface area (Å²) in [5, 5.41) is 0. The van der Waals surface area contributed by atoms with Crippen LogP contribution in [0.15, 0.2) is 42.5 Å². The van der Waals surface area contributed by atoms with Gasteiger partial charge >= 0.3 is 0 Å². The maximum absolute atomic E-state index is 12.4. The molecule has 2 aromatic rings. The first-order valence-corrected chi connectivity index (χ1v) is 9.45. The van der Waals surface area contributed by atoms with Gasteiger partial charge in [0.05, 0.1) is 0 Å². The lowest BCUT2D eigenvalue weighted by molar-refractivity contribution is -0.122. The summed E-state index contributed by atoms with van der Waals surface area (Å²) in [6, 6.07) is 15.2. The van der Waals surface area contributed by atoms with Crippen molar-refractivity contribution in [3.05, 3.63) is 53.6 Å². The Kier molecular flexibility index (Phi) is 4.99. The number of nitrogens with zero attached hydrogens (tertiary/aromatic N) is 1. The molecule has 0 radical (unpaired) electrons. The van der Waals surface area contributed by atoms with Gasteiger partial charge in [-0.3, -0.25) is 4.79 Å². The van der Waals surface area contributed by atoms with Crippen molar-refractivity contribution < 1.29 is 4.79 Å². The Balaban J connectivity index is 1.84. The van der Waals surface area contributed by atoms with Crippen molar-refractivity contribution >= 4 is 11.5 Å². The highest BCUT2D eigenvalue weighted by Crippen LogP contribution is 2.46. The van der Waals surface area contributed by atoms with Gasteiger partial charge < -0.3 is 4.90 Å². The van der Waals surface area contributed by atoms with Gasteiger partial charge in [-0.1, -0.05) is 37.3 Å². The van der Waals surface area contributed by atoms with Crippen LogP contribution in [0.25, 0.3) is 11.1 Å². The number of rotatable bonds is 7. The van der Waals surface area contributed by atoms with E-state index in [0.717, 1.165) is 31.5 Å². The van der Waals surface area contributed by atoms with Crippen LogP contribution < -0.4 is 4.90 Å². The zero-order valence-electron chi connectivity index (χ0n) is 15.9. The number of carbonyl (C=O) groups excluding carboxylic acids is 1. The van der Waals surface area contributed by atoms with E-state index in [1.54, 1.807) is 0 Å². The minimum Gasteiger partial charge on any atom is -0.372 e. The molecule has 2 heteroatoms. The standard InChI is InChI=1S/C23H29NO/c1-5-24(6-2)20-11-9-19(10-12-20)21-15-18(8-7-17(21)3)16-22(25)23(4)13-14-23/h7-12,15H,5-6,13-14,16H2,1-4H3. The normalized spacial score (nSPS) is 15.0. The van der Waals surface area contributed by atoms with Gasteiger partial charge in [0.25, 0.3) is 0 Å². The van der Waals surface area contributed by atoms with Crippen molar-refractivity contribution in [1.82, 2.24) is 0 Å². The van der Waals surface area contributed by atoms with Gasteiger partial charge in [-0.05, 0) is 68.0 Å². The monoisotopic (exact) mass is 335 g/mol. The van der Waals surface area contributed by atoms with E-state index in [1.165, 1.54) is 22.4 Å². The molecule has 1 saturated carbocycles. The summed E-state index contributed by atoms with van der Waals surface area (Å²) in [6.45, 7) is 10.6. The van der Waals surface area contributed by atoms with Crippen LogP contribution in [0.3, 0.4) is 0 Å². The van der Waals surface area contributed by atoms with E-state index < -0.39 is 0 Å². The average molecular weight is 335 g/mol. The lowest BCUT2D eigenvalue weighted by atomic mass is 9.93. The van der Waals surface area contributed by atoms with E-state index >= 15 is 0 Å². The van der Waals surface area contributed by atoms with Crippen molar-refractivity contribution in [2.24, 2.45) is 5.41 Å². The number of aryl methyl sites for hydroxylation is 1. The van der Waals surface area contributed by atoms with Gasteiger partial charge in [-0.15, -0.1) is 0 Å². The second kappa shape index (κ2) is 7.03. The number of ketones is 1. The molecule has 0 bridgehead atoms. The van der Waals surface area contributed by atoms with Gasteiger partial charge in [0.1, 0.15) is 5.78 Å². The fourth-order valence-corrected chi connectivity index (χ4v) is 3.40. The van der Waals surface area contributed by atoms with Crippen LogP contribution in [0.5, 0.6) is 0 Å².